The van der Waals surface area contributed by atoms with Crippen LogP contribution >= 0.6 is 23.2 Å². The summed E-state index contributed by atoms with van der Waals surface area (Å²) >= 11 is 11.8. The molecule has 0 aliphatic rings. The molecule has 0 spiro atoms. The van der Waals surface area contributed by atoms with Crippen molar-refractivity contribution in [1.29, 1.82) is 0 Å². The fraction of sp³-hybridized carbons (Fsp3) is 0.182. The van der Waals surface area contributed by atoms with Crippen LogP contribution in [0.4, 0.5) is 0 Å². The van der Waals surface area contributed by atoms with E-state index >= 15 is 0 Å². The van der Waals surface area contributed by atoms with Crippen LogP contribution in [0.3, 0.4) is 0 Å². The number of nitrogens with one attached hydrogen (secondary N) is 1. The Bertz CT molecular complexity index is 496. The van der Waals surface area contributed by atoms with Gasteiger partial charge < -0.3 is 9.73 Å². The lowest BCUT2D eigenvalue weighted by molar-refractivity contribution is 0.570. The normalized spacial score (nSPS) is 10.7. The van der Waals surface area contributed by atoms with Gasteiger partial charge in [-0.15, -0.1) is 0 Å². The quantitative estimate of drug-likeness (QED) is 0.916. The van der Waals surface area contributed by atoms with Crippen LogP contribution in [0.15, 0.2) is 29.0 Å². The summed E-state index contributed by atoms with van der Waals surface area (Å²) in [5, 5.41) is 4.06. The maximum atomic E-state index is 5.95. The van der Waals surface area contributed by atoms with Crippen LogP contribution in [0.5, 0.6) is 0 Å². The molecule has 0 aliphatic carbocycles. The van der Waals surface area contributed by atoms with Gasteiger partial charge in [-0.05, 0) is 25.2 Å². The average Bonchev–Trinajstić information content (AvgIpc) is 2.71. The van der Waals surface area contributed by atoms with E-state index in [9.17, 15) is 0 Å². The van der Waals surface area contributed by atoms with Crippen molar-refractivity contribution in [3.63, 3.8) is 0 Å². The molecule has 1 N–H and O–H groups in total. The maximum absolute atomic E-state index is 5.95. The number of nitrogens with zero attached hydrogens (tertiary/aromatic N) is 1. The smallest absolute Gasteiger partial charge is 0.181 e. The Morgan fingerprint density at radius 1 is 1.31 bits per heavy atom. The largest absolute Gasteiger partial charge is 0.443 e. The number of aromatic nitrogens is 1. The van der Waals surface area contributed by atoms with Crippen molar-refractivity contribution in [3.8, 4) is 11.3 Å². The molecule has 0 atom stereocenters. The van der Waals surface area contributed by atoms with Gasteiger partial charge >= 0.3 is 0 Å². The summed E-state index contributed by atoms with van der Waals surface area (Å²) in [5.74, 6) is 0.716. The van der Waals surface area contributed by atoms with Gasteiger partial charge in [-0.2, -0.15) is 0 Å². The summed E-state index contributed by atoms with van der Waals surface area (Å²) in [7, 11) is 1.85. The molecule has 0 fully saturated rings. The zero-order valence-corrected chi connectivity index (χ0v) is 10.1. The average molecular weight is 257 g/mol. The van der Waals surface area contributed by atoms with Crippen molar-refractivity contribution in [2.45, 2.75) is 6.54 Å². The molecule has 0 amide bonds. The summed E-state index contributed by atoms with van der Waals surface area (Å²) in [4.78, 5) is 4.13. The van der Waals surface area contributed by atoms with Gasteiger partial charge in [-0.3, -0.25) is 0 Å². The van der Waals surface area contributed by atoms with Crippen LogP contribution in [0, 0.1) is 0 Å². The highest BCUT2D eigenvalue weighted by Gasteiger charge is 2.11. The molecule has 0 bridgehead atoms. The first-order valence-corrected chi connectivity index (χ1v) is 5.50. The van der Waals surface area contributed by atoms with Crippen LogP contribution in [0.2, 0.25) is 10.0 Å². The molecule has 0 aliphatic heterocycles. The summed E-state index contributed by atoms with van der Waals surface area (Å²) < 4.78 is 5.35. The lowest BCUT2D eigenvalue weighted by Crippen LogP contribution is -2.06. The molecule has 0 unspecified atom stereocenters. The molecule has 1 aromatic carbocycles. The lowest BCUT2D eigenvalue weighted by atomic mass is 10.1. The molecule has 16 heavy (non-hydrogen) atoms. The summed E-state index contributed by atoms with van der Waals surface area (Å²) in [6.07, 6.45) is 1.42. The number of hydrogen-bond acceptors (Lipinski definition) is 3. The highest BCUT2D eigenvalue weighted by atomic mass is 35.5. The number of halogens is 2. The zero-order chi connectivity index (χ0) is 11.5. The van der Waals surface area contributed by atoms with Gasteiger partial charge in [0, 0.05) is 12.1 Å². The van der Waals surface area contributed by atoms with Crippen LogP contribution in [0.25, 0.3) is 11.3 Å². The minimum absolute atomic E-state index is 0.506. The van der Waals surface area contributed by atoms with Gasteiger partial charge in [0.25, 0.3) is 0 Å². The van der Waals surface area contributed by atoms with Crippen molar-refractivity contribution < 1.29 is 4.42 Å². The molecule has 0 saturated heterocycles. The third-order valence-electron chi connectivity index (χ3n) is 2.17. The third kappa shape index (κ3) is 2.21. The van der Waals surface area contributed by atoms with Gasteiger partial charge in [-0.25, -0.2) is 4.98 Å². The topological polar surface area (TPSA) is 38.1 Å². The van der Waals surface area contributed by atoms with Gasteiger partial charge in [0.2, 0.25) is 0 Å². The van der Waals surface area contributed by atoms with E-state index in [4.69, 9.17) is 27.6 Å². The van der Waals surface area contributed by atoms with E-state index in [1.165, 1.54) is 6.39 Å². The molecule has 2 aromatic rings. The Hall–Kier alpha value is -1.03. The minimum Gasteiger partial charge on any atom is -0.443 e. The fourth-order valence-electron chi connectivity index (χ4n) is 1.43. The SMILES string of the molecule is CNCc1ncoc1-c1ccc(Cl)c(Cl)c1. The molecule has 1 heterocycles. The first kappa shape index (κ1) is 11.5. The Kier molecular flexibility index (Phi) is 3.49. The van der Waals surface area contributed by atoms with Gasteiger partial charge in [-0.1, -0.05) is 23.2 Å². The predicted molar refractivity (Wildman–Crippen MR) is 64.7 cm³/mol. The highest BCUT2D eigenvalue weighted by Crippen LogP contribution is 2.30. The van der Waals surface area contributed by atoms with Gasteiger partial charge in [0.1, 0.15) is 5.69 Å². The van der Waals surface area contributed by atoms with E-state index < -0.39 is 0 Å². The van der Waals surface area contributed by atoms with Crippen LogP contribution < -0.4 is 5.32 Å². The highest BCUT2D eigenvalue weighted by molar-refractivity contribution is 6.42. The Labute approximate surface area is 103 Å². The Balaban J connectivity index is 2.42. The van der Waals surface area contributed by atoms with Crippen molar-refractivity contribution in [1.82, 2.24) is 10.3 Å². The van der Waals surface area contributed by atoms with E-state index in [-0.39, 0.29) is 0 Å². The lowest BCUT2D eigenvalue weighted by Gasteiger charge is -2.02. The summed E-state index contributed by atoms with van der Waals surface area (Å²) in [5.41, 5.74) is 1.72. The van der Waals surface area contributed by atoms with Crippen molar-refractivity contribution in [2.24, 2.45) is 0 Å². The van der Waals surface area contributed by atoms with Gasteiger partial charge in [0.05, 0.1) is 10.0 Å². The molecule has 5 heteroatoms. The first-order valence-electron chi connectivity index (χ1n) is 4.74. The molecular weight excluding hydrogens is 247 g/mol. The second kappa shape index (κ2) is 4.87. The second-order valence-corrected chi connectivity index (χ2v) is 4.10. The predicted octanol–water partition coefficient (Wildman–Crippen LogP) is 3.37. The number of oxazole rings is 1. The van der Waals surface area contributed by atoms with E-state index in [1.54, 1.807) is 12.1 Å². The Morgan fingerprint density at radius 2 is 2.12 bits per heavy atom. The van der Waals surface area contributed by atoms with Crippen LogP contribution in [0.1, 0.15) is 5.69 Å². The standard InChI is InChI=1S/C11H10Cl2N2O/c1-14-5-10-11(16-6-15-10)7-2-3-8(12)9(13)4-7/h2-4,6,14H,5H2,1H3. The maximum Gasteiger partial charge on any atom is 0.181 e. The van der Waals surface area contributed by atoms with Crippen LogP contribution in [-0.4, -0.2) is 12.0 Å². The van der Waals surface area contributed by atoms with Crippen molar-refractivity contribution >= 4 is 23.2 Å². The molecule has 2 rings (SSSR count). The fourth-order valence-corrected chi connectivity index (χ4v) is 1.73. The van der Waals surface area contributed by atoms with Gasteiger partial charge in [0.15, 0.2) is 12.2 Å². The monoisotopic (exact) mass is 256 g/mol. The second-order valence-electron chi connectivity index (χ2n) is 3.29. The number of rotatable bonds is 3. The molecule has 1 aromatic heterocycles. The van der Waals surface area contributed by atoms with E-state index in [0.29, 0.717) is 22.4 Å². The Morgan fingerprint density at radius 3 is 2.81 bits per heavy atom. The zero-order valence-electron chi connectivity index (χ0n) is 8.63. The van der Waals surface area contributed by atoms with E-state index in [0.717, 1.165) is 11.3 Å². The van der Waals surface area contributed by atoms with Crippen LogP contribution in [-0.2, 0) is 6.54 Å². The number of benzene rings is 1. The first-order chi connectivity index (χ1) is 7.72. The number of hydrogen-bond donors (Lipinski definition) is 1. The van der Waals surface area contributed by atoms with E-state index in [2.05, 4.69) is 10.3 Å². The molecule has 0 saturated carbocycles. The van der Waals surface area contributed by atoms with E-state index in [1.807, 2.05) is 13.1 Å². The third-order valence-corrected chi connectivity index (χ3v) is 2.91. The minimum atomic E-state index is 0.506. The van der Waals surface area contributed by atoms with Crippen molar-refractivity contribution in [2.75, 3.05) is 7.05 Å². The summed E-state index contributed by atoms with van der Waals surface area (Å²) in [6.45, 7) is 0.645. The van der Waals surface area contributed by atoms with Crippen molar-refractivity contribution in [3.05, 3.63) is 40.3 Å². The molecule has 84 valence electrons. The molecule has 3 nitrogen and oxygen atoms in total. The summed E-state index contributed by atoms with van der Waals surface area (Å²) in [6, 6.07) is 5.36. The molecule has 0 radical (unpaired) electrons. The molecular formula is C11H10Cl2N2O.